The molecule has 30 heavy (non-hydrogen) atoms. The van der Waals surface area contributed by atoms with Crippen LogP contribution in [0.4, 0.5) is 5.69 Å². The van der Waals surface area contributed by atoms with Gasteiger partial charge in [0.2, 0.25) is 0 Å². The highest BCUT2D eigenvalue weighted by Gasteiger charge is 2.23. The molecule has 9 heteroatoms. The zero-order valence-corrected chi connectivity index (χ0v) is 18.5. The molecule has 4 rings (SSSR count). The zero-order valence-electron chi connectivity index (χ0n) is 16.9. The summed E-state index contributed by atoms with van der Waals surface area (Å²) in [6.45, 7) is 0.669. The third kappa shape index (κ3) is 4.39. The molecule has 0 aliphatic heterocycles. The molecule has 0 radical (unpaired) electrons. The first-order chi connectivity index (χ1) is 14.7. The average Bonchev–Trinajstić information content (AvgIpc) is 3.44. The second kappa shape index (κ2) is 9.66. The topological polar surface area (TPSA) is 77.6 Å². The van der Waals surface area contributed by atoms with Crippen LogP contribution in [0.5, 0.6) is 0 Å². The molecule has 2 aromatic heterocycles. The van der Waals surface area contributed by atoms with Crippen molar-refractivity contribution in [1.29, 1.82) is 0 Å². The highest BCUT2D eigenvalue weighted by Crippen LogP contribution is 2.33. The van der Waals surface area contributed by atoms with Gasteiger partial charge in [-0.15, -0.1) is 10.2 Å². The van der Waals surface area contributed by atoms with Crippen molar-refractivity contribution >= 4 is 29.1 Å². The Labute approximate surface area is 184 Å². The summed E-state index contributed by atoms with van der Waals surface area (Å²) in [6, 6.07) is 9.77. The number of aromatic nitrogens is 5. The molecule has 1 aliphatic rings. The molecular formula is C21H25ClN6OS. The maximum absolute atomic E-state index is 12.6. The first-order valence-corrected chi connectivity index (χ1v) is 11.8. The normalized spacial score (nSPS) is 14.3. The van der Waals surface area contributed by atoms with Crippen LogP contribution in [-0.4, -0.2) is 37.3 Å². The highest BCUT2D eigenvalue weighted by molar-refractivity contribution is 7.98. The van der Waals surface area contributed by atoms with Crippen LogP contribution in [0.25, 0.3) is 5.69 Å². The van der Waals surface area contributed by atoms with Gasteiger partial charge in [0.15, 0.2) is 5.16 Å². The van der Waals surface area contributed by atoms with Crippen LogP contribution in [0, 0.1) is 0 Å². The van der Waals surface area contributed by atoms with E-state index in [1.807, 2.05) is 36.6 Å². The van der Waals surface area contributed by atoms with E-state index in [4.69, 9.17) is 11.6 Å². The molecule has 0 amide bonds. The highest BCUT2D eigenvalue weighted by atomic mass is 35.5. The molecule has 7 nitrogen and oxygen atoms in total. The molecule has 2 heterocycles. The van der Waals surface area contributed by atoms with E-state index in [0.717, 1.165) is 23.8 Å². The number of benzene rings is 1. The summed E-state index contributed by atoms with van der Waals surface area (Å²) < 4.78 is 3.63. The zero-order chi connectivity index (χ0) is 20.9. The second-order valence-electron chi connectivity index (χ2n) is 7.37. The average molecular weight is 445 g/mol. The fourth-order valence-electron chi connectivity index (χ4n) is 3.92. The number of rotatable bonds is 8. The first-order valence-electron chi connectivity index (χ1n) is 10.2. The van der Waals surface area contributed by atoms with Crippen molar-refractivity contribution in [2.75, 3.05) is 18.1 Å². The Morgan fingerprint density at radius 3 is 2.70 bits per heavy atom. The Hall–Kier alpha value is -2.32. The lowest BCUT2D eigenvalue weighted by Crippen LogP contribution is -2.23. The van der Waals surface area contributed by atoms with Gasteiger partial charge in [0, 0.05) is 19.0 Å². The smallest absolute Gasteiger partial charge is 0.292 e. The van der Waals surface area contributed by atoms with Gasteiger partial charge >= 0.3 is 0 Å². The number of para-hydroxylation sites is 1. The van der Waals surface area contributed by atoms with Crippen LogP contribution in [-0.2, 0) is 6.42 Å². The van der Waals surface area contributed by atoms with Gasteiger partial charge < -0.3 is 9.88 Å². The lowest BCUT2D eigenvalue weighted by molar-refractivity contribution is 0.461. The predicted octanol–water partition coefficient (Wildman–Crippen LogP) is 4.36. The fourth-order valence-corrected chi connectivity index (χ4v) is 4.69. The molecule has 1 N–H and O–H groups in total. The molecule has 0 saturated heterocycles. The van der Waals surface area contributed by atoms with Gasteiger partial charge in [0.25, 0.3) is 5.56 Å². The van der Waals surface area contributed by atoms with Crippen LogP contribution in [0.3, 0.4) is 0 Å². The molecule has 158 valence electrons. The van der Waals surface area contributed by atoms with Crippen molar-refractivity contribution in [3.05, 3.63) is 57.7 Å². The molecule has 0 unspecified atom stereocenters. The molecule has 0 spiro atoms. The van der Waals surface area contributed by atoms with E-state index >= 15 is 0 Å². The number of nitrogens with one attached hydrogen (secondary N) is 1. The van der Waals surface area contributed by atoms with Gasteiger partial charge in [-0.05, 0) is 37.7 Å². The molecule has 1 saturated carbocycles. The van der Waals surface area contributed by atoms with E-state index < -0.39 is 0 Å². The Morgan fingerprint density at radius 1 is 1.20 bits per heavy atom. The summed E-state index contributed by atoms with van der Waals surface area (Å²) in [5, 5.41) is 17.4. The van der Waals surface area contributed by atoms with E-state index in [-0.39, 0.29) is 10.6 Å². The van der Waals surface area contributed by atoms with Crippen molar-refractivity contribution in [1.82, 2.24) is 24.5 Å². The van der Waals surface area contributed by atoms with E-state index in [0.29, 0.717) is 24.0 Å². The van der Waals surface area contributed by atoms with Crippen molar-refractivity contribution in [3.8, 4) is 5.69 Å². The van der Waals surface area contributed by atoms with Crippen molar-refractivity contribution in [3.63, 3.8) is 0 Å². The maximum Gasteiger partial charge on any atom is 0.292 e. The van der Waals surface area contributed by atoms with E-state index in [1.54, 1.807) is 18.0 Å². The first kappa shape index (κ1) is 20.9. The van der Waals surface area contributed by atoms with Gasteiger partial charge in [-0.2, -0.15) is 9.78 Å². The van der Waals surface area contributed by atoms with Crippen LogP contribution in [0.1, 0.15) is 44.0 Å². The Kier molecular flexibility index (Phi) is 6.74. The third-order valence-corrected chi connectivity index (χ3v) is 6.43. The fraction of sp³-hybridized carbons (Fsp3) is 0.429. The van der Waals surface area contributed by atoms with E-state index in [9.17, 15) is 4.79 Å². The van der Waals surface area contributed by atoms with Crippen LogP contribution < -0.4 is 10.9 Å². The number of thioether (sulfide) groups is 1. The SMILES string of the molecule is CSc1nnc(CCCNc2cnn(-c3ccccc3)c(=O)c2Cl)n1C1CCCC1. The number of aryl methyl sites for hydroxylation is 1. The molecular weight excluding hydrogens is 420 g/mol. The number of nitrogens with zero attached hydrogens (tertiary/aromatic N) is 5. The summed E-state index contributed by atoms with van der Waals surface area (Å²) in [6.07, 6.45) is 10.3. The molecule has 1 aliphatic carbocycles. The lowest BCUT2D eigenvalue weighted by atomic mass is 10.2. The van der Waals surface area contributed by atoms with Crippen molar-refractivity contribution in [2.45, 2.75) is 49.7 Å². The molecule has 3 aromatic rings. The number of anilines is 1. The van der Waals surface area contributed by atoms with Crippen molar-refractivity contribution < 1.29 is 0 Å². The minimum absolute atomic E-state index is 0.146. The molecule has 1 fully saturated rings. The molecule has 0 bridgehead atoms. The van der Waals surface area contributed by atoms with E-state index in [1.165, 1.54) is 30.4 Å². The lowest BCUT2D eigenvalue weighted by Gasteiger charge is -2.16. The largest absolute Gasteiger partial charge is 0.382 e. The number of halogens is 1. The standard InChI is InChI=1S/C21H25ClN6OS/c1-30-21-26-25-18(27(21)15-8-5-6-9-15)12-7-13-23-17-14-24-28(20(29)19(17)22)16-10-3-2-4-11-16/h2-4,10-11,14-15,23H,5-9,12-13H2,1H3. The summed E-state index contributed by atoms with van der Waals surface area (Å²) in [7, 11) is 0. The van der Waals surface area contributed by atoms with Crippen molar-refractivity contribution in [2.24, 2.45) is 0 Å². The summed E-state index contributed by atoms with van der Waals surface area (Å²) in [5.74, 6) is 1.04. The quantitative estimate of drug-likeness (QED) is 0.411. The van der Waals surface area contributed by atoms with Crippen LogP contribution in [0.15, 0.2) is 46.5 Å². The Balaban J connectivity index is 1.39. The summed E-state index contributed by atoms with van der Waals surface area (Å²) in [5.41, 5.74) is 0.904. The number of hydrogen-bond donors (Lipinski definition) is 1. The predicted molar refractivity (Wildman–Crippen MR) is 121 cm³/mol. The minimum atomic E-state index is -0.335. The maximum atomic E-state index is 12.6. The second-order valence-corrected chi connectivity index (χ2v) is 8.52. The van der Waals surface area contributed by atoms with Gasteiger partial charge in [-0.1, -0.05) is 54.4 Å². The van der Waals surface area contributed by atoms with Crippen LogP contribution >= 0.6 is 23.4 Å². The summed E-state index contributed by atoms with van der Waals surface area (Å²) >= 11 is 7.97. The Morgan fingerprint density at radius 2 is 1.97 bits per heavy atom. The van der Waals surface area contributed by atoms with Gasteiger partial charge in [0.1, 0.15) is 10.8 Å². The van der Waals surface area contributed by atoms with Crippen LogP contribution in [0.2, 0.25) is 5.02 Å². The van der Waals surface area contributed by atoms with E-state index in [2.05, 4.69) is 25.2 Å². The van der Waals surface area contributed by atoms with Gasteiger partial charge in [0.05, 0.1) is 17.6 Å². The molecule has 0 atom stereocenters. The molecule has 1 aromatic carbocycles. The van der Waals surface area contributed by atoms with Gasteiger partial charge in [-0.3, -0.25) is 4.79 Å². The minimum Gasteiger partial charge on any atom is -0.382 e. The monoisotopic (exact) mass is 444 g/mol. The Bertz CT molecular complexity index is 1050. The summed E-state index contributed by atoms with van der Waals surface area (Å²) in [4.78, 5) is 12.6. The third-order valence-electron chi connectivity index (χ3n) is 5.42. The van der Waals surface area contributed by atoms with Gasteiger partial charge in [-0.25, -0.2) is 0 Å². The number of hydrogen-bond acceptors (Lipinski definition) is 6.